The normalized spacial score (nSPS) is 12.2. The first-order valence-electron chi connectivity index (χ1n) is 5.53. The van der Waals surface area contributed by atoms with Crippen LogP contribution in [0.5, 0.6) is 0 Å². The van der Waals surface area contributed by atoms with Crippen molar-refractivity contribution in [3.8, 4) is 0 Å². The number of nitrogen functional groups attached to an aromatic ring is 1. The van der Waals surface area contributed by atoms with Crippen LogP contribution in [0.25, 0.3) is 0 Å². The second-order valence-corrected chi connectivity index (χ2v) is 4.87. The van der Waals surface area contributed by atoms with E-state index in [2.05, 4.69) is 15.3 Å². The van der Waals surface area contributed by atoms with E-state index in [9.17, 15) is 4.79 Å². The zero-order valence-corrected chi connectivity index (χ0v) is 11.6. The topological polar surface area (TPSA) is 90.1 Å². The third-order valence-electron chi connectivity index (χ3n) is 2.01. The molecule has 1 amide bonds. The van der Waals surface area contributed by atoms with Crippen LogP contribution in [0.3, 0.4) is 0 Å². The third-order valence-corrected chi connectivity index (χ3v) is 2.86. The summed E-state index contributed by atoms with van der Waals surface area (Å²) in [6.45, 7) is 4.21. The number of carbonyl (C=O) groups excluding carboxylic acids is 1. The molecule has 0 saturated heterocycles. The molecular formula is C11H18N4O2S. The van der Waals surface area contributed by atoms with Crippen molar-refractivity contribution in [3.63, 3.8) is 0 Å². The van der Waals surface area contributed by atoms with E-state index in [0.29, 0.717) is 17.6 Å². The summed E-state index contributed by atoms with van der Waals surface area (Å²) in [4.78, 5) is 19.8. The van der Waals surface area contributed by atoms with Crippen molar-refractivity contribution in [2.45, 2.75) is 25.0 Å². The lowest BCUT2D eigenvalue weighted by Crippen LogP contribution is -2.36. The van der Waals surface area contributed by atoms with Gasteiger partial charge >= 0.3 is 0 Å². The van der Waals surface area contributed by atoms with Crippen LogP contribution < -0.4 is 11.1 Å². The maximum Gasteiger partial charge on any atom is 0.230 e. The van der Waals surface area contributed by atoms with Crippen LogP contribution in [0.4, 0.5) is 5.82 Å². The summed E-state index contributed by atoms with van der Waals surface area (Å²) < 4.78 is 4.94. The van der Waals surface area contributed by atoms with E-state index in [4.69, 9.17) is 10.5 Å². The number of nitrogens with two attached hydrogens (primary N) is 1. The minimum atomic E-state index is -0.0757. The summed E-state index contributed by atoms with van der Waals surface area (Å²) in [7, 11) is 1.60. The van der Waals surface area contributed by atoms with Crippen LogP contribution in [-0.2, 0) is 9.53 Å². The molecule has 0 radical (unpaired) electrons. The summed E-state index contributed by atoms with van der Waals surface area (Å²) in [6.07, 6.45) is 0. The Morgan fingerprint density at radius 3 is 2.94 bits per heavy atom. The monoisotopic (exact) mass is 270 g/mol. The number of anilines is 1. The fourth-order valence-corrected chi connectivity index (χ4v) is 2.09. The molecule has 0 bridgehead atoms. The smallest absolute Gasteiger partial charge is 0.230 e. The molecule has 7 heteroatoms. The molecule has 1 aromatic rings. The number of nitrogens with one attached hydrogen (secondary N) is 1. The van der Waals surface area contributed by atoms with Crippen molar-refractivity contribution in [1.29, 1.82) is 0 Å². The van der Waals surface area contributed by atoms with E-state index in [0.717, 1.165) is 5.69 Å². The van der Waals surface area contributed by atoms with Crippen molar-refractivity contribution >= 4 is 23.5 Å². The van der Waals surface area contributed by atoms with E-state index in [1.807, 2.05) is 13.8 Å². The maximum absolute atomic E-state index is 11.6. The molecule has 1 unspecified atom stereocenters. The predicted octanol–water partition coefficient (Wildman–Crippen LogP) is 0.610. The molecule has 1 aromatic heterocycles. The lowest BCUT2D eigenvalue weighted by atomic mass is 10.3. The molecule has 0 fully saturated rings. The minimum Gasteiger partial charge on any atom is -0.384 e. The highest BCUT2D eigenvalue weighted by molar-refractivity contribution is 7.99. The number of ether oxygens (including phenoxy) is 1. The lowest BCUT2D eigenvalue weighted by molar-refractivity contribution is -0.119. The minimum absolute atomic E-state index is 0.00778. The van der Waals surface area contributed by atoms with Crippen molar-refractivity contribution < 1.29 is 9.53 Å². The lowest BCUT2D eigenvalue weighted by Gasteiger charge is -2.12. The highest BCUT2D eigenvalue weighted by atomic mass is 32.2. The molecule has 6 nitrogen and oxygen atoms in total. The van der Waals surface area contributed by atoms with Gasteiger partial charge in [-0.05, 0) is 13.8 Å². The van der Waals surface area contributed by atoms with Gasteiger partial charge in [0.05, 0.1) is 12.4 Å². The molecule has 100 valence electrons. The average molecular weight is 270 g/mol. The van der Waals surface area contributed by atoms with E-state index >= 15 is 0 Å². The average Bonchev–Trinajstić information content (AvgIpc) is 2.25. The molecule has 0 aliphatic heterocycles. The number of hydrogen-bond donors (Lipinski definition) is 2. The van der Waals surface area contributed by atoms with E-state index in [1.54, 1.807) is 13.2 Å². The van der Waals surface area contributed by atoms with Crippen LogP contribution in [0, 0.1) is 6.92 Å². The molecule has 1 heterocycles. The molecule has 0 saturated carbocycles. The number of amides is 1. The number of aryl methyl sites for hydroxylation is 1. The number of aromatic nitrogens is 2. The number of nitrogens with zero attached hydrogens (tertiary/aromatic N) is 2. The Hall–Kier alpha value is -1.34. The van der Waals surface area contributed by atoms with Gasteiger partial charge in [0, 0.05) is 24.9 Å². The molecule has 1 atom stereocenters. The second-order valence-electron chi connectivity index (χ2n) is 3.93. The van der Waals surface area contributed by atoms with E-state index < -0.39 is 0 Å². The highest BCUT2D eigenvalue weighted by Crippen LogP contribution is 2.14. The van der Waals surface area contributed by atoms with Crippen molar-refractivity contribution in [1.82, 2.24) is 15.3 Å². The van der Waals surface area contributed by atoms with Gasteiger partial charge in [0.1, 0.15) is 5.82 Å². The number of rotatable bonds is 6. The van der Waals surface area contributed by atoms with Gasteiger partial charge in [-0.2, -0.15) is 0 Å². The van der Waals surface area contributed by atoms with Crippen LogP contribution in [0.15, 0.2) is 11.2 Å². The largest absolute Gasteiger partial charge is 0.384 e. The number of hydrogen-bond acceptors (Lipinski definition) is 6. The molecule has 0 spiro atoms. The Bertz CT molecular complexity index is 394. The Balaban J connectivity index is 2.42. The third kappa shape index (κ3) is 5.33. The Morgan fingerprint density at radius 2 is 2.33 bits per heavy atom. The van der Waals surface area contributed by atoms with Crippen LogP contribution in [0.1, 0.15) is 12.6 Å². The van der Waals surface area contributed by atoms with Gasteiger partial charge in [0.25, 0.3) is 0 Å². The predicted molar refractivity (Wildman–Crippen MR) is 71.4 cm³/mol. The maximum atomic E-state index is 11.6. The fraction of sp³-hybridized carbons (Fsp3) is 0.545. The zero-order valence-electron chi connectivity index (χ0n) is 10.8. The second kappa shape index (κ2) is 7.17. The number of methoxy groups -OCH3 is 1. The summed E-state index contributed by atoms with van der Waals surface area (Å²) in [5.41, 5.74) is 6.39. The van der Waals surface area contributed by atoms with Crippen molar-refractivity contribution in [3.05, 3.63) is 11.8 Å². The molecule has 18 heavy (non-hydrogen) atoms. The molecule has 0 aliphatic rings. The first kappa shape index (κ1) is 14.7. The summed E-state index contributed by atoms with van der Waals surface area (Å²) >= 11 is 1.26. The molecule has 3 N–H and O–H groups in total. The molecule has 0 aromatic carbocycles. The van der Waals surface area contributed by atoms with Gasteiger partial charge in [0.2, 0.25) is 5.91 Å². The number of carbonyl (C=O) groups is 1. The Kier molecular flexibility index (Phi) is 5.87. The van der Waals surface area contributed by atoms with Gasteiger partial charge in [-0.15, -0.1) is 0 Å². The van der Waals surface area contributed by atoms with Gasteiger partial charge in [-0.25, -0.2) is 9.97 Å². The molecule has 1 rings (SSSR count). The van der Waals surface area contributed by atoms with Crippen molar-refractivity contribution in [2.75, 3.05) is 25.2 Å². The van der Waals surface area contributed by atoms with Crippen molar-refractivity contribution in [2.24, 2.45) is 0 Å². The standard InChI is InChI=1S/C11H18N4O2S/c1-7-4-9(12)15-11(14-7)18-6-10(16)13-8(2)5-17-3/h4,8H,5-6H2,1-3H3,(H,13,16)(H2,12,14,15). The van der Waals surface area contributed by atoms with Gasteiger partial charge < -0.3 is 15.8 Å². The fourth-order valence-electron chi connectivity index (χ4n) is 1.37. The first-order valence-corrected chi connectivity index (χ1v) is 6.52. The van der Waals surface area contributed by atoms with Gasteiger partial charge in [-0.3, -0.25) is 4.79 Å². The summed E-state index contributed by atoms with van der Waals surface area (Å²) in [6, 6.07) is 1.68. The van der Waals surface area contributed by atoms with E-state index in [1.165, 1.54) is 11.8 Å². The quantitative estimate of drug-likeness (QED) is 0.581. The molecule has 0 aliphatic carbocycles. The van der Waals surface area contributed by atoms with Crippen LogP contribution >= 0.6 is 11.8 Å². The highest BCUT2D eigenvalue weighted by Gasteiger charge is 2.09. The number of thioether (sulfide) groups is 1. The van der Waals surface area contributed by atoms with Crippen LogP contribution in [0.2, 0.25) is 0 Å². The van der Waals surface area contributed by atoms with Crippen LogP contribution in [-0.4, -0.2) is 41.4 Å². The van der Waals surface area contributed by atoms with Gasteiger partial charge in [-0.1, -0.05) is 11.8 Å². The Labute approximate surface area is 111 Å². The first-order chi connectivity index (χ1) is 8.51. The molecular weight excluding hydrogens is 252 g/mol. The summed E-state index contributed by atoms with van der Waals surface area (Å²) in [5, 5.41) is 3.32. The van der Waals surface area contributed by atoms with Gasteiger partial charge in [0.15, 0.2) is 5.16 Å². The summed E-state index contributed by atoms with van der Waals surface area (Å²) in [5.74, 6) is 0.600. The zero-order chi connectivity index (χ0) is 13.5. The SMILES string of the molecule is COCC(C)NC(=O)CSc1nc(C)cc(N)n1. The Morgan fingerprint density at radius 1 is 1.61 bits per heavy atom. The van der Waals surface area contributed by atoms with E-state index in [-0.39, 0.29) is 17.7 Å².